The number of hydrogen-bond donors (Lipinski definition) is 0. The lowest BCUT2D eigenvalue weighted by molar-refractivity contribution is -0.130. The Hall–Kier alpha value is -2.62. The van der Waals surface area contributed by atoms with Crippen molar-refractivity contribution in [1.29, 1.82) is 0 Å². The number of carbonyl (C=O) groups excluding carboxylic acids is 2. The molecule has 0 N–H and O–H groups in total. The molecule has 4 heteroatoms. The zero-order valence-electron chi connectivity index (χ0n) is 14.7. The highest BCUT2D eigenvalue weighted by Crippen LogP contribution is 2.21. The van der Waals surface area contributed by atoms with Crippen LogP contribution in [0.4, 0.5) is 5.69 Å². The Morgan fingerprint density at radius 1 is 1.00 bits per heavy atom. The topological polar surface area (TPSA) is 40.6 Å². The fraction of sp³-hybridized carbons (Fsp3) is 0.300. The van der Waals surface area contributed by atoms with Crippen molar-refractivity contribution < 1.29 is 9.59 Å². The highest BCUT2D eigenvalue weighted by Gasteiger charge is 2.20. The average molecular weight is 324 g/mol. The van der Waals surface area contributed by atoms with E-state index >= 15 is 0 Å². The molecule has 4 nitrogen and oxygen atoms in total. The zero-order chi connectivity index (χ0) is 17.7. The lowest BCUT2D eigenvalue weighted by Crippen LogP contribution is -2.40. The number of anilines is 1. The summed E-state index contributed by atoms with van der Waals surface area (Å²) in [4.78, 5) is 27.8. The van der Waals surface area contributed by atoms with Gasteiger partial charge in [-0.2, -0.15) is 0 Å². The van der Waals surface area contributed by atoms with Gasteiger partial charge in [0.1, 0.15) is 6.54 Å². The Kier molecular flexibility index (Phi) is 5.74. The molecule has 0 aliphatic heterocycles. The van der Waals surface area contributed by atoms with Gasteiger partial charge < -0.3 is 9.80 Å². The number of likely N-dealkylation sites (N-methyl/N-ethyl adjacent to an activating group) is 1. The summed E-state index contributed by atoms with van der Waals surface area (Å²) in [6.45, 7) is 6.02. The summed E-state index contributed by atoms with van der Waals surface area (Å²) in [7, 11) is 1.76. The van der Waals surface area contributed by atoms with Crippen LogP contribution in [0.3, 0.4) is 0 Å². The third-order valence-electron chi connectivity index (χ3n) is 4.00. The van der Waals surface area contributed by atoms with Crippen molar-refractivity contribution in [3.8, 4) is 0 Å². The van der Waals surface area contributed by atoms with Crippen LogP contribution in [0.2, 0.25) is 0 Å². The van der Waals surface area contributed by atoms with Gasteiger partial charge in [0, 0.05) is 26.2 Å². The molecule has 24 heavy (non-hydrogen) atoms. The summed E-state index contributed by atoms with van der Waals surface area (Å²) in [5, 5.41) is 0. The van der Waals surface area contributed by atoms with Crippen LogP contribution < -0.4 is 4.90 Å². The van der Waals surface area contributed by atoms with Gasteiger partial charge in [0.25, 0.3) is 0 Å². The zero-order valence-corrected chi connectivity index (χ0v) is 14.7. The van der Waals surface area contributed by atoms with Crippen molar-refractivity contribution in [2.75, 3.05) is 18.5 Å². The van der Waals surface area contributed by atoms with E-state index in [9.17, 15) is 9.59 Å². The molecule has 0 unspecified atom stereocenters. The SMILES string of the molecule is CC(=O)N(CC(=O)N(C)Cc1ccccc1)c1ccc(C)cc1C. The largest absolute Gasteiger partial charge is 0.340 e. The second-order valence-electron chi connectivity index (χ2n) is 6.13. The van der Waals surface area contributed by atoms with E-state index in [1.165, 1.54) is 6.92 Å². The van der Waals surface area contributed by atoms with E-state index in [4.69, 9.17) is 0 Å². The Morgan fingerprint density at radius 2 is 1.67 bits per heavy atom. The minimum atomic E-state index is -0.136. The molecule has 0 aromatic heterocycles. The molecule has 0 aliphatic carbocycles. The van der Waals surface area contributed by atoms with Crippen molar-refractivity contribution in [2.24, 2.45) is 0 Å². The molecular weight excluding hydrogens is 300 g/mol. The first-order chi connectivity index (χ1) is 11.4. The van der Waals surface area contributed by atoms with Gasteiger partial charge in [0.15, 0.2) is 0 Å². The van der Waals surface area contributed by atoms with Crippen LogP contribution in [-0.2, 0) is 16.1 Å². The third kappa shape index (κ3) is 4.44. The van der Waals surface area contributed by atoms with Crippen LogP contribution in [0.15, 0.2) is 48.5 Å². The Bertz CT molecular complexity index is 726. The normalized spacial score (nSPS) is 10.3. The number of carbonyl (C=O) groups is 2. The molecule has 126 valence electrons. The number of aryl methyl sites for hydroxylation is 2. The molecule has 0 saturated heterocycles. The molecule has 0 radical (unpaired) electrons. The van der Waals surface area contributed by atoms with Gasteiger partial charge in [-0.15, -0.1) is 0 Å². The maximum Gasteiger partial charge on any atom is 0.242 e. The quantitative estimate of drug-likeness (QED) is 0.846. The number of benzene rings is 2. The molecule has 0 bridgehead atoms. The monoisotopic (exact) mass is 324 g/mol. The van der Waals surface area contributed by atoms with E-state index < -0.39 is 0 Å². The predicted molar refractivity (Wildman–Crippen MR) is 96.9 cm³/mol. The molecule has 2 aromatic carbocycles. The molecule has 0 fully saturated rings. The summed E-state index contributed by atoms with van der Waals surface area (Å²) in [6.07, 6.45) is 0. The van der Waals surface area contributed by atoms with Crippen LogP contribution in [0.1, 0.15) is 23.6 Å². The molecule has 0 spiro atoms. The fourth-order valence-corrected chi connectivity index (χ4v) is 2.68. The molecule has 0 aliphatic rings. The standard InChI is InChI=1S/C20H24N2O2/c1-15-10-11-19(16(2)12-15)22(17(3)23)14-20(24)21(4)13-18-8-6-5-7-9-18/h5-12H,13-14H2,1-4H3. The first kappa shape index (κ1) is 17.7. The Morgan fingerprint density at radius 3 is 2.25 bits per heavy atom. The number of rotatable bonds is 5. The smallest absolute Gasteiger partial charge is 0.242 e. The maximum absolute atomic E-state index is 12.5. The van der Waals surface area contributed by atoms with Crippen LogP contribution in [0.5, 0.6) is 0 Å². The second-order valence-corrected chi connectivity index (χ2v) is 6.13. The first-order valence-electron chi connectivity index (χ1n) is 8.01. The van der Waals surface area contributed by atoms with Crippen molar-refractivity contribution in [1.82, 2.24) is 4.90 Å². The van der Waals surface area contributed by atoms with E-state index in [0.717, 1.165) is 22.4 Å². The summed E-state index contributed by atoms with van der Waals surface area (Å²) in [5.74, 6) is -0.225. The van der Waals surface area contributed by atoms with Crippen LogP contribution in [0, 0.1) is 13.8 Å². The molecular formula is C20H24N2O2. The molecule has 0 saturated carbocycles. The van der Waals surface area contributed by atoms with Crippen LogP contribution in [0.25, 0.3) is 0 Å². The van der Waals surface area contributed by atoms with Gasteiger partial charge in [-0.05, 0) is 31.0 Å². The van der Waals surface area contributed by atoms with Crippen molar-refractivity contribution in [3.63, 3.8) is 0 Å². The van der Waals surface area contributed by atoms with Gasteiger partial charge in [0.05, 0.1) is 0 Å². The van der Waals surface area contributed by atoms with Gasteiger partial charge in [-0.3, -0.25) is 9.59 Å². The maximum atomic E-state index is 12.5. The second kappa shape index (κ2) is 7.77. The number of hydrogen-bond acceptors (Lipinski definition) is 2. The first-order valence-corrected chi connectivity index (χ1v) is 8.01. The molecule has 0 atom stereocenters. The molecule has 0 heterocycles. The molecule has 2 aromatic rings. The fourth-order valence-electron chi connectivity index (χ4n) is 2.68. The highest BCUT2D eigenvalue weighted by atomic mass is 16.2. The van der Waals surface area contributed by atoms with Crippen molar-refractivity contribution in [3.05, 3.63) is 65.2 Å². The molecule has 2 rings (SSSR count). The number of amides is 2. The number of nitrogens with zero attached hydrogens (tertiary/aromatic N) is 2. The van der Waals surface area contributed by atoms with Crippen molar-refractivity contribution >= 4 is 17.5 Å². The Balaban J connectivity index is 2.12. The van der Waals surface area contributed by atoms with Gasteiger partial charge in [-0.1, -0.05) is 48.0 Å². The summed E-state index contributed by atoms with van der Waals surface area (Å²) in [6, 6.07) is 15.7. The minimum Gasteiger partial charge on any atom is -0.340 e. The lowest BCUT2D eigenvalue weighted by Gasteiger charge is -2.26. The van der Waals surface area contributed by atoms with Gasteiger partial charge in [0.2, 0.25) is 11.8 Å². The average Bonchev–Trinajstić information content (AvgIpc) is 2.53. The van der Waals surface area contributed by atoms with Gasteiger partial charge in [-0.25, -0.2) is 0 Å². The van der Waals surface area contributed by atoms with E-state index in [0.29, 0.717) is 6.54 Å². The van der Waals surface area contributed by atoms with Crippen LogP contribution >= 0.6 is 0 Å². The Labute approximate surface area is 143 Å². The van der Waals surface area contributed by atoms with E-state index in [-0.39, 0.29) is 18.4 Å². The summed E-state index contributed by atoms with van der Waals surface area (Å²) < 4.78 is 0. The molecule has 2 amide bonds. The van der Waals surface area contributed by atoms with E-state index in [1.807, 2.05) is 62.4 Å². The van der Waals surface area contributed by atoms with Crippen molar-refractivity contribution in [2.45, 2.75) is 27.3 Å². The van der Waals surface area contributed by atoms with Gasteiger partial charge >= 0.3 is 0 Å². The summed E-state index contributed by atoms with van der Waals surface area (Å²) in [5.41, 5.74) is 3.97. The highest BCUT2D eigenvalue weighted by molar-refractivity contribution is 5.98. The van der Waals surface area contributed by atoms with E-state index in [1.54, 1.807) is 16.8 Å². The minimum absolute atomic E-state index is 0.0442. The summed E-state index contributed by atoms with van der Waals surface area (Å²) >= 11 is 0. The van der Waals surface area contributed by atoms with E-state index in [2.05, 4.69) is 0 Å². The lowest BCUT2D eigenvalue weighted by atomic mass is 10.1. The van der Waals surface area contributed by atoms with Crippen LogP contribution in [-0.4, -0.2) is 30.3 Å². The predicted octanol–water partition coefficient (Wildman–Crippen LogP) is 3.31. The third-order valence-corrected chi connectivity index (χ3v) is 4.00.